The van der Waals surface area contributed by atoms with Gasteiger partial charge in [0, 0.05) is 5.75 Å². The second-order valence-electron chi connectivity index (χ2n) is 1.53. The summed E-state index contributed by atoms with van der Waals surface area (Å²) >= 11 is 3.65. The van der Waals surface area contributed by atoms with Gasteiger partial charge in [0.2, 0.25) is 0 Å². The molecule has 0 fully saturated rings. The van der Waals surface area contributed by atoms with Gasteiger partial charge in [0.15, 0.2) is 0 Å². The molecule has 0 spiro atoms. The van der Waals surface area contributed by atoms with Gasteiger partial charge in [-0.25, -0.2) is 4.79 Å². The summed E-state index contributed by atoms with van der Waals surface area (Å²) in [6, 6.07) is -1.65. The number of carboxylic acid groups (broad SMARTS) is 1. The maximum atomic E-state index is 9.76. The first-order chi connectivity index (χ1) is 4.91. The minimum Gasteiger partial charge on any atom is -0.480 e. The second kappa shape index (κ2) is 7.16. The van der Waals surface area contributed by atoms with Crippen LogP contribution in [0.1, 0.15) is 0 Å². The van der Waals surface area contributed by atoms with Crippen LogP contribution >= 0.6 is 12.6 Å². The van der Waals surface area contributed by atoms with Crippen molar-refractivity contribution < 1.29 is 14.7 Å². The van der Waals surface area contributed by atoms with Gasteiger partial charge >= 0.3 is 12.0 Å². The lowest BCUT2D eigenvalue weighted by molar-refractivity contribution is -0.137. The molecule has 11 heavy (non-hydrogen) atoms. The third-order valence-electron chi connectivity index (χ3n) is 0.514. The summed E-state index contributed by atoms with van der Waals surface area (Å²) < 4.78 is 0. The van der Waals surface area contributed by atoms with E-state index in [2.05, 4.69) is 24.1 Å². The molecule has 0 aromatic rings. The Kier molecular flexibility index (Phi) is 8.27. The Morgan fingerprint density at radius 3 is 1.73 bits per heavy atom. The van der Waals surface area contributed by atoms with Crippen molar-refractivity contribution in [3.63, 3.8) is 0 Å². The van der Waals surface area contributed by atoms with Crippen molar-refractivity contribution in [3.8, 4) is 0 Å². The summed E-state index contributed by atoms with van der Waals surface area (Å²) in [4.78, 5) is 18.8. The van der Waals surface area contributed by atoms with Crippen LogP contribution in [-0.4, -0.2) is 28.9 Å². The fourth-order valence-corrected chi connectivity index (χ4v) is 0.234. The molecule has 0 aliphatic heterocycles. The van der Waals surface area contributed by atoms with Crippen molar-refractivity contribution in [2.75, 3.05) is 5.75 Å². The average Bonchev–Trinajstić information content (AvgIpc) is 1.85. The predicted octanol–water partition coefficient (Wildman–Crippen LogP) is -1.65. The van der Waals surface area contributed by atoms with Crippen molar-refractivity contribution >= 4 is 24.6 Å². The van der Waals surface area contributed by atoms with Crippen molar-refractivity contribution in [3.05, 3.63) is 0 Å². The number of hydrogen-bond acceptors (Lipinski definition) is 4. The van der Waals surface area contributed by atoms with Gasteiger partial charge in [0.1, 0.15) is 6.04 Å². The summed E-state index contributed by atoms with van der Waals surface area (Å²) in [5, 5.41) is 8.01. The Labute approximate surface area is 69.1 Å². The number of aliphatic carboxylic acids is 1. The molecule has 7 heteroatoms. The molecule has 0 saturated carbocycles. The summed E-state index contributed by atoms with van der Waals surface area (Å²) in [6.45, 7) is 0. The zero-order valence-electron chi connectivity index (χ0n) is 5.73. The Balaban J connectivity index is 0. The van der Waals surface area contributed by atoms with E-state index in [9.17, 15) is 4.79 Å². The molecule has 0 bridgehead atoms. The first-order valence-electron chi connectivity index (χ1n) is 2.56. The molecular formula is C4H11N3O3S. The van der Waals surface area contributed by atoms with Crippen LogP contribution in [0, 0.1) is 0 Å². The monoisotopic (exact) mass is 181 g/mol. The Bertz CT molecular complexity index is 137. The number of amides is 2. The summed E-state index contributed by atoms with van der Waals surface area (Å²) in [5.41, 5.74) is 13.4. The predicted molar refractivity (Wildman–Crippen MR) is 43.2 cm³/mol. The quantitative estimate of drug-likeness (QED) is 0.326. The van der Waals surface area contributed by atoms with Gasteiger partial charge in [0.05, 0.1) is 0 Å². The number of urea groups is 1. The molecule has 0 saturated heterocycles. The fourth-order valence-electron chi connectivity index (χ4n) is 0.0781. The zero-order valence-corrected chi connectivity index (χ0v) is 6.62. The Morgan fingerprint density at radius 1 is 1.45 bits per heavy atom. The van der Waals surface area contributed by atoms with Gasteiger partial charge < -0.3 is 22.3 Å². The summed E-state index contributed by atoms with van der Waals surface area (Å²) in [7, 11) is 0. The number of primary amides is 2. The van der Waals surface area contributed by atoms with Crippen LogP contribution in [0.4, 0.5) is 4.79 Å². The molecule has 0 aliphatic rings. The highest BCUT2D eigenvalue weighted by Crippen LogP contribution is 1.80. The van der Waals surface area contributed by atoms with Crippen LogP contribution in [0.5, 0.6) is 0 Å². The molecule has 0 rings (SSSR count). The lowest BCUT2D eigenvalue weighted by Crippen LogP contribution is -2.31. The van der Waals surface area contributed by atoms with E-state index >= 15 is 0 Å². The SMILES string of the molecule is NC(CS)C(=O)O.NC(N)=O. The van der Waals surface area contributed by atoms with Crippen molar-refractivity contribution in [2.24, 2.45) is 17.2 Å². The van der Waals surface area contributed by atoms with Crippen LogP contribution in [0.25, 0.3) is 0 Å². The van der Waals surface area contributed by atoms with E-state index in [1.807, 2.05) is 0 Å². The number of carboxylic acids is 1. The van der Waals surface area contributed by atoms with E-state index in [1.54, 1.807) is 0 Å². The standard InChI is InChI=1S/C3H7NO2S.CH4N2O/c4-2(1-7)3(5)6;2-1(3)4/h2,7H,1,4H2,(H,5,6);(H4,2,3,4). The maximum absolute atomic E-state index is 9.76. The van der Waals surface area contributed by atoms with Crippen molar-refractivity contribution in [2.45, 2.75) is 6.04 Å². The first kappa shape index (κ1) is 12.7. The van der Waals surface area contributed by atoms with E-state index in [1.165, 1.54) is 0 Å². The molecule has 1 atom stereocenters. The Morgan fingerprint density at radius 2 is 1.73 bits per heavy atom. The molecule has 0 aliphatic carbocycles. The number of rotatable bonds is 2. The van der Waals surface area contributed by atoms with Gasteiger partial charge in [-0.3, -0.25) is 4.79 Å². The van der Waals surface area contributed by atoms with E-state index < -0.39 is 18.0 Å². The van der Waals surface area contributed by atoms with E-state index in [-0.39, 0.29) is 5.75 Å². The molecule has 6 nitrogen and oxygen atoms in total. The normalized spacial score (nSPS) is 10.7. The van der Waals surface area contributed by atoms with E-state index in [4.69, 9.17) is 15.6 Å². The van der Waals surface area contributed by atoms with Gasteiger partial charge in [-0.2, -0.15) is 12.6 Å². The van der Waals surface area contributed by atoms with Gasteiger partial charge in [0.25, 0.3) is 0 Å². The topological polar surface area (TPSA) is 132 Å². The van der Waals surface area contributed by atoms with Crippen LogP contribution < -0.4 is 17.2 Å². The van der Waals surface area contributed by atoms with Gasteiger partial charge in [-0.1, -0.05) is 0 Å². The maximum Gasteiger partial charge on any atom is 0.321 e. The third kappa shape index (κ3) is 17.6. The minimum atomic E-state index is -1.00. The van der Waals surface area contributed by atoms with Crippen molar-refractivity contribution in [1.82, 2.24) is 0 Å². The van der Waals surface area contributed by atoms with Crippen LogP contribution in [-0.2, 0) is 4.79 Å². The van der Waals surface area contributed by atoms with E-state index in [0.29, 0.717) is 0 Å². The molecule has 0 heterocycles. The molecule has 66 valence electrons. The zero-order chi connectivity index (χ0) is 9.44. The van der Waals surface area contributed by atoms with Gasteiger partial charge in [-0.15, -0.1) is 0 Å². The van der Waals surface area contributed by atoms with Gasteiger partial charge in [-0.05, 0) is 0 Å². The number of carbonyl (C=O) groups is 2. The highest BCUT2D eigenvalue weighted by atomic mass is 32.1. The number of thiol groups is 1. The average molecular weight is 181 g/mol. The van der Waals surface area contributed by atoms with E-state index in [0.717, 1.165) is 0 Å². The molecular weight excluding hydrogens is 170 g/mol. The fraction of sp³-hybridized carbons (Fsp3) is 0.500. The molecule has 7 N–H and O–H groups in total. The number of nitrogens with two attached hydrogens (primary N) is 3. The number of carbonyl (C=O) groups excluding carboxylic acids is 1. The smallest absolute Gasteiger partial charge is 0.321 e. The molecule has 0 aromatic heterocycles. The van der Waals surface area contributed by atoms with Crippen molar-refractivity contribution in [1.29, 1.82) is 0 Å². The Hall–Kier alpha value is -0.950. The van der Waals surface area contributed by atoms with Crippen LogP contribution in [0.2, 0.25) is 0 Å². The first-order valence-corrected chi connectivity index (χ1v) is 3.19. The second-order valence-corrected chi connectivity index (χ2v) is 1.89. The summed E-state index contributed by atoms with van der Waals surface area (Å²) in [6.07, 6.45) is 0. The summed E-state index contributed by atoms with van der Waals surface area (Å²) in [5.74, 6) is -0.815. The molecule has 2 amide bonds. The molecule has 0 aromatic carbocycles. The molecule has 1 unspecified atom stereocenters. The highest BCUT2D eigenvalue weighted by molar-refractivity contribution is 7.80. The molecule has 0 radical (unpaired) electrons. The highest BCUT2D eigenvalue weighted by Gasteiger charge is 2.06. The minimum absolute atomic E-state index is 0.190. The third-order valence-corrected chi connectivity index (χ3v) is 0.907. The van der Waals surface area contributed by atoms with Crippen LogP contribution in [0.3, 0.4) is 0 Å². The van der Waals surface area contributed by atoms with Crippen LogP contribution in [0.15, 0.2) is 0 Å². The largest absolute Gasteiger partial charge is 0.480 e. The number of hydrogen-bond donors (Lipinski definition) is 5. The lowest BCUT2D eigenvalue weighted by Gasteiger charge is -1.96. The lowest BCUT2D eigenvalue weighted by atomic mass is 10.4.